The molecule has 146 valence electrons. The molecule has 0 unspecified atom stereocenters. The topological polar surface area (TPSA) is 88.5 Å². The van der Waals surface area contributed by atoms with Crippen molar-refractivity contribution >= 4 is 19.7 Å². The number of benzene rings is 3. The first kappa shape index (κ1) is 20.1. The van der Waals surface area contributed by atoms with Crippen LogP contribution in [0.5, 0.6) is 5.75 Å². The van der Waals surface area contributed by atoms with E-state index in [-0.39, 0.29) is 14.7 Å². The van der Waals surface area contributed by atoms with Gasteiger partial charge in [0.1, 0.15) is 10.6 Å². The first-order chi connectivity index (χ1) is 13.2. The van der Waals surface area contributed by atoms with Crippen LogP contribution in [0.4, 0.5) is 0 Å². The van der Waals surface area contributed by atoms with Gasteiger partial charge in [0, 0.05) is 0 Å². The molecule has 28 heavy (non-hydrogen) atoms. The summed E-state index contributed by atoms with van der Waals surface area (Å²) >= 11 is 0. The molecule has 0 saturated heterocycles. The van der Waals surface area contributed by atoms with Crippen molar-refractivity contribution in [2.75, 3.05) is 0 Å². The number of hydrogen-bond donors (Lipinski definition) is 1. The zero-order chi connectivity index (χ0) is 20.5. The number of sulfone groups is 2. The summed E-state index contributed by atoms with van der Waals surface area (Å²) < 4.78 is 52.3. The summed E-state index contributed by atoms with van der Waals surface area (Å²) in [5, 5.41) is 10.4. The second kappa shape index (κ2) is 7.41. The predicted octanol–water partition coefficient (Wildman–Crippen LogP) is 3.93. The highest BCUT2D eigenvalue weighted by molar-refractivity contribution is 7.92. The van der Waals surface area contributed by atoms with Crippen LogP contribution in [0.1, 0.15) is 18.1 Å². The van der Waals surface area contributed by atoms with Crippen molar-refractivity contribution in [3.05, 3.63) is 77.9 Å². The largest absolute Gasteiger partial charge is 0.507 e. The molecule has 0 heterocycles. The average Bonchev–Trinajstić information content (AvgIpc) is 2.68. The van der Waals surface area contributed by atoms with Gasteiger partial charge in [0.2, 0.25) is 19.7 Å². The summed E-state index contributed by atoms with van der Waals surface area (Å²) in [5.41, 5.74) is 1.24. The molecule has 0 atom stereocenters. The third-order valence-electron chi connectivity index (χ3n) is 4.49. The van der Waals surface area contributed by atoms with Crippen LogP contribution in [0, 0.1) is 6.92 Å². The van der Waals surface area contributed by atoms with Gasteiger partial charge in [0.15, 0.2) is 0 Å². The van der Waals surface area contributed by atoms with Crippen molar-refractivity contribution in [1.82, 2.24) is 0 Å². The zero-order valence-electron chi connectivity index (χ0n) is 15.5. The Bertz CT molecular complexity index is 1210. The molecule has 0 bridgehead atoms. The molecule has 1 N–H and O–H groups in total. The minimum atomic E-state index is -4.09. The van der Waals surface area contributed by atoms with Crippen molar-refractivity contribution in [3.8, 4) is 5.75 Å². The van der Waals surface area contributed by atoms with Gasteiger partial charge in [-0.15, -0.1) is 0 Å². The molecule has 3 aromatic carbocycles. The molecule has 0 aliphatic carbocycles. The number of aromatic hydroxyl groups is 1. The lowest BCUT2D eigenvalue weighted by Crippen LogP contribution is -2.09. The molecule has 0 radical (unpaired) electrons. The number of hydrogen-bond acceptors (Lipinski definition) is 5. The molecule has 0 aliphatic rings. The lowest BCUT2D eigenvalue weighted by atomic mass is 10.1. The first-order valence-electron chi connectivity index (χ1n) is 8.65. The fourth-order valence-corrected chi connectivity index (χ4v) is 5.93. The van der Waals surface area contributed by atoms with Crippen LogP contribution in [-0.2, 0) is 26.1 Å². The van der Waals surface area contributed by atoms with Crippen molar-refractivity contribution in [2.45, 2.75) is 39.9 Å². The van der Waals surface area contributed by atoms with Crippen LogP contribution < -0.4 is 0 Å². The molecule has 0 spiro atoms. The van der Waals surface area contributed by atoms with E-state index in [1.54, 1.807) is 37.3 Å². The maximum Gasteiger partial charge on any atom is 0.210 e. The van der Waals surface area contributed by atoms with Crippen LogP contribution in [0.3, 0.4) is 0 Å². The fraction of sp³-hybridized carbons (Fsp3) is 0.143. The predicted molar refractivity (Wildman–Crippen MR) is 106 cm³/mol. The van der Waals surface area contributed by atoms with E-state index in [0.717, 1.165) is 11.6 Å². The van der Waals surface area contributed by atoms with Gasteiger partial charge in [0.25, 0.3) is 0 Å². The fourth-order valence-electron chi connectivity index (χ4n) is 2.91. The van der Waals surface area contributed by atoms with Gasteiger partial charge in [0.05, 0.1) is 14.7 Å². The maximum atomic E-state index is 13.1. The number of phenolic OH excluding ortho intramolecular Hbond substituents is 1. The van der Waals surface area contributed by atoms with Crippen LogP contribution in [0.15, 0.2) is 86.3 Å². The first-order valence-corrected chi connectivity index (χ1v) is 11.6. The number of aryl methyl sites for hydroxylation is 2. The Hall–Kier alpha value is -2.64. The molecule has 0 aromatic heterocycles. The smallest absolute Gasteiger partial charge is 0.210 e. The molecule has 3 rings (SSSR count). The summed E-state index contributed by atoms with van der Waals surface area (Å²) in [4.78, 5) is -0.498. The van der Waals surface area contributed by atoms with Crippen LogP contribution >= 0.6 is 0 Å². The third kappa shape index (κ3) is 3.55. The lowest BCUT2D eigenvalue weighted by molar-refractivity contribution is 0.456. The van der Waals surface area contributed by atoms with Gasteiger partial charge < -0.3 is 5.11 Å². The van der Waals surface area contributed by atoms with E-state index in [2.05, 4.69) is 0 Å². The van der Waals surface area contributed by atoms with Crippen molar-refractivity contribution in [1.29, 1.82) is 0 Å². The normalized spacial score (nSPS) is 12.1. The van der Waals surface area contributed by atoms with E-state index in [1.807, 2.05) is 6.92 Å². The highest BCUT2D eigenvalue weighted by atomic mass is 32.2. The molecule has 0 aliphatic heterocycles. The van der Waals surface area contributed by atoms with Crippen LogP contribution in [0.25, 0.3) is 0 Å². The highest BCUT2D eigenvalue weighted by Gasteiger charge is 2.28. The Balaban J connectivity index is 2.26. The van der Waals surface area contributed by atoms with Gasteiger partial charge >= 0.3 is 0 Å². The van der Waals surface area contributed by atoms with Gasteiger partial charge in [-0.05, 0) is 55.3 Å². The standard InChI is InChI=1S/C21H20O5S2/c1-3-16-13-19(22)21(28(25,26)18-11-9-15(2)10-12-18)14-20(16)27(23,24)17-7-5-4-6-8-17/h4-14,22H,3H2,1-2H3. The van der Waals surface area contributed by atoms with Crippen molar-refractivity contribution < 1.29 is 21.9 Å². The van der Waals surface area contributed by atoms with Crippen molar-refractivity contribution in [3.63, 3.8) is 0 Å². The lowest BCUT2D eigenvalue weighted by Gasteiger charge is -2.14. The van der Waals surface area contributed by atoms with Gasteiger partial charge in [-0.2, -0.15) is 0 Å². The van der Waals surface area contributed by atoms with Crippen LogP contribution in [-0.4, -0.2) is 21.9 Å². The van der Waals surface area contributed by atoms with E-state index in [0.29, 0.717) is 12.0 Å². The average molecular weight is 417 g/mol. The molecule has 0 fully saturated rings. The summed E-state index contributed by atoms with van der Waals surface area (Å²) in [6.07, 6.45) is 0.319. The number of phenols is 1. The Labute approximate surface area is 165 Å². The minimum Gasteiger partial charge on any atom is -0.507 e. The Morgan fingerprint density at radius 3 is 1.86 bits per heavy atom. The Morgan fingerprint density at radius 1 is 0.750 bits per heavy atom. The van der Waals surface area contributed by atoms with E-state index in [1.165, 1.54) is 30.3 Å². The molecular formula is C21H20O5S2. The Kier molecular flexibility index (Phi) is 5.32. The maximum absolute atomic E-state index is 13.1. The minimum absolute atomic E-state index is 0.0132. The number of rotatable bonds is 5. The monoisotopic (exact) mass is 416 g/mol. The van der Waals surface area contributed by atoms with Gasteiger partial charge in [-0.1, -0.05) is 42.8 Å². The van der Waals surface area contributed by atoms with Crippen molar-refractivity contribution in [2.24, 2.45) is 0 Å². The van der Waals surface area contributed by atoms with E-state index < -0.39 is 30.3 Å². The van der Waals surface area contributed by atoms with E-state index in [4.69, 9.17) is 0 Å². The summed E-state index contributed by atoms with van der Waals surface area (Å²) in [5.74, 6) is -0.468. The van der Waals surface area contributed by atoms with E-state index in [9.17, 15) is 21.9 Å². The van der Waals surface area contributed by atoms with Crippen LogP contribution in [0.2, 0.25) is 0 Å². The Morgan fingerprint density at radius 2 is 1.29 bits per heavy atom. The molecule has 0 amide bonds. The summed E-state index contributed by atoms with van der Waals surface area (Å²) in [6.45, 7) is 3.57. The second-order valence-electron chi connectivity index (χ2n) is 6.41. The zero-order valence-corrected chi connectivity index (χ0v) is 17.1. The SMILES string of the molecule is CCc1cc(O)c(S(=O)(=O)c2ccc(C)cc2)cc1S(=O)(=O)c1ccccc1. The molecule has 5 nitrogen and oxygen atoms in total. The summed E-state index contributed by atoms with van der Waals surface area (Å²) in [6, 6.07) is 16.2. The second-order valence-corrected chi connectivity index (χ2v) is 10.3. The molecular weight excluding hydrogens is 396 g/mol. The molecule has 3 aromatic rings. The molecule has 7 heteroatoms. The third-order valence-corrected chi connectivity index (χ3v) is 8.14. The van der Waals surface area contributed by atoms with Gasteiger partial charge in [-0.25, -0.2) is 16.8 Å². The quantitative estimate of drug-likeness (QED) is 0.681. The summed E-state index contributed by atoms with van der Waals surface area (Å²) in [7, 11) is -8.04. The van der Waals surface area contributed by atoms with Gasteiger partial charge in [-0.3, -0.25) is 0 Å². The van der Waals surface area contributed by atoms with E-state index >= 15 is 0 Å². The molecule has 0 saturated carbocycles. The highest BCUT2D eigenvalue weighted by Crippen LogP contribution is 2.35.